The number of aliphatic hydroxyl groups is 1. The van der Waals surface area contributed by atoms with Crippen molar-refractivity contribution in [2.75, 3.05) is 0 Å². The van der Waals surface area contributed by atoms with E-state index >= 15 is 0 Å². The van der Waals surface area contributed by atoms with E-state index in [1.165, 1.54) is 25.1 Å². The van der Waals surface area contributed by atoms with E-state index < -0.39 is 29.1 Å². The molecule has 0 aliphatic rings. The number of aromatic amines is 2. The average molecular weight is 350 g/mol. The molecule has 1 unspecified atom stereocenters. The molecular weight excluding hydrogens is 337 g/mol. The molecule has 0 saturated carbocycles. The molecule has 130 valence electrons. The molecule has 0 amide bonds. The second kappa shape index (κ2) is 5.89. The van der Waals surface area contributed by atoms with Gasteiger partial charge in [0.25, 0.3) is 5.56 Å². The van der Waals surface area contributed by atoms with E-state index in [0.717, 1.165) is 12.1 Å². The van der Waals surface area contributed by atoms with Gasteiger partial charge in [-0.15, -0.1) is 0 Å². The maximum absolute atomic E-state index is 13.5. The van der Waals surface area contributed by atoms with Gasteiger partial charge in [-0.25, -0.2) is 4.79 Å². The third-order valence-electron chi connectivity index (χ3n) is 3.86. The molecule has 3 rings (SSSR count). The molecule has 3 N–H and O–H groups in total. The largest absolute Gasteiger partial charge is 0.417 e. The van der Waals surface area contributed by atoms with Crippen LogP contribution in [0, 0.1) is 0 Å². The monoisotopic (exact) mass is 350 g/mol. The molecule has 0 fully saturated rings. The van der Waals surface area contributed by atoms with Crippen LogP contribution in [-0.2, 0) is 6.18 Å². The zero-order chi connectivity index (χ0) is 18.4. The fourth-order valence-electron chi connectivity index (χ4n) is 2.65. The summed E-state index contributed by atoms with van der Waals surface area (Å²) in [6.45, 7) is 1.50. The number of alkyl halides is 3. The predicted octanol–water partition coefficient (Wildman–Crippen LogP) is 2.96. The van der Waals surface area contributed by atoms with Gasteiger partial charge in [-0.05, 0) is 41.8 Å². The van der Waals surface area contributed by atoms with Crippen molar-refractivity contribution in [3.63, 3.8) is 0 Å². The zero-order valence-corrected chi connectivity index (χ0v) is 12.9. The van der Waals surface area contributed by atoms with Crippen LogP contribution < -0.4 is 11.2 Å². The van der Waals surface area contributed by atoms with Crippen LogP contribution in [0.1, 0.15) is 24.2 Å². The van der Waals surface area contributed by atoms with E-state index in [9.17, 15) is 27.9 Å². The van der Waals surface area contributed by atoms with Crippen LogP contribution in [0.25, 0.3) is 22.0 Å². The van der Waals surface area contributed by atoms with Gasteiger partial charge < -0.3 is 10.1 Å². The fraction of sp³-hybridized carbons (Fsp3) is 0.176. The Morgan fingerprint density at radius 1 is 1.08 bits per heavy atom. The van der Waals surface area contributed by atoms with Crippen LogP contribution in [0.5, 0.6) is 0 Å². The van der Waals surface area contributed by atoms with Crippen molar-refractivity contribution >= 4 is 10.9 Å². The van der Waals surface area contributed by atoms with E-state index in [0.29, 0.717) is 5.56 Å². The second-order valence-corrected chi connectivity index (χ2v) is 5.65. The van der Waals surface area contributed by atoms with Crippen LogP contribution >= 0.6 is 0 Å². The van der Waals surface area contributed by atoms with Crippen LogP contribution in [-0.4, -0.2) is 15.1 Å². The Hall–Kier alpha value is -2.87. The third kappa shape index (κ3) is 3.20. The number of hydrogen-bond acceptors (Lipinski definition) is 3. The first kappa shape index (κ1) is 17.0. The lowest BCUT2D eigenvalue weighted by Gasteiger charge is -2.15. The molecule has 0 bridgehead atoms. The van der Waals surface area contributed by atoms with Gasteiger partial charge in [-0.2, -0.15) is 13.2 Å². The minimum atomic E-state index is -4.69. The summed E-state index contributed by atoms with van der Waals surface area (Å²) in [6.07, 6.45) is -5.54. The fourth-order valence-corrected chi connectivity index (χ4v) is 2.65. The Kier molecular flexibility index (Phi) is 4.00. The molecular formula is C17H13F3N2O3. The van der Waals surface area contributed by atoms with Gasteiger partial charge in [-0.1, -0.05) is 18.2 Å². The average Bonchev–Trinajstić information content (AvgIpc) is 2.53. The Morgan fingerprint density at radius 3 is 2.44 bits per heavy atom. The van der Waals surface area contributed by atoms with Gasteiger partial charge in [0.05, 0.1) is 22.6 Å². The summed E-state index contributed by atoms with van der Waals surface area (Å²) < 4.78 is 40.5. The van der Waals surface area contributed by atoms with Crippen molar-refractivity contribution in [1.82, 2.24) is 9.97 Å². The quantitative estimate of drug-likeness (QED) is 0.664. The molecule has 8 heteroatoms. The highest BCUT2D eigenvalue weighted by molar-refractivity contribution is 5.86. The standard InChI is InChI=1S/C17H13F3N2O3/c1-8(23)9-3-2-4-10(5-9)11-6-12-14(7-13(11)17(18,19)20)21-16(25)22-15(12)24/h2-8,23H,1H3,(H2,21,22,24,25). The summed E-state index contributed by atoms with van der Waals surface area (Å²) in [5.74, 6) is 0. The smallest absolute Gasteiger partial charge is 0.389 e. The number of fused-ring (bicyclic) bond motifs is 1. The zero-order valence-electron chi connectivity index (χ0n) is 12.9. The van der Waals surface area contributed by atoms with Gasteiger partial charge in [-0.3, -0.25) is 9.78 Å². The van der Waals surface area contributed by atoms with E-state index in [1.807, 2.05) is 4.98 Å². The molecule has 3 aromatic rings. The van der Waals surface area contributed by atoms with Gasteiger partial charge in [0.1, 0.15) is 0 Å². The molecule has 2 aromatic carbocycles. The van der Waals surface area contributed by atoms with Gasteiger partial charge >= 0.3 is 11.9 Å². The number of benzene rings is 2. The molecule has 5 nitrogen and oxygen atoms in total. The van der Waals surface area contributed by atoms with Gasteiger partial charge in [0.2, 0.25) is 0 Å². The summed E-state index contributed by atoms with van der Waals surface area (Å²) in [6, 6.07) is 7.85. The number of hydrogen-bond donors (Lipinski definition) is 3. The number of rotatable bonds is 2. The Bertz CT molecular complexity index is 1070. The maximum Gasteiger partial charge on any atom is 0.417 e. The predicted molar refractivity (Wildman–Crippen MR) is 86.3 cm³/mol. The highest BCUT2D eigenvalue weighted by Gasteiger charge is 2.34. The third-order valence-corrected chi connectivity index (χ3v) is 3.86. The van der Waals surface area contributed by atoms with Crippen LogP contribution in [0.4, 0.5) is 13.2 Å². The topological polar surface area (TPSA) is 85.9 Å². The number of aliphatic hydroxyl groups excluding tert-OH is 1. The van der Waals surface area contributed by atoms with Crippen molar-refractivity contribution in [2.24, 2.45) is 0 Å². The summed E-state index contributed by atoms with van der Waals surface area (Å²) in [5.41, 5.74) is -2.39. The number of nitrogens with one attached hydrogen (secondary N) is 2. The molecule has 1 aromatic heterocycles. The van der Waals surface area contributed by atoms with Gasteiger partial charge in [0.15, 0.2) is 0 Å². The summed E-state index contributed by atoms with van der Waals surface area (Å²) in [7, 11) is 0. The Balaban J connectivity index is 2.38. The first-order valence-corrected chi connectivity index (χ1v) is 7.33. The number of aromatic nitrogens is 2. The first-order valence-electron chi connectivity index (χ1n) is 7.33. The van der Waals surface area contributed by atoms with Crippen molar-refractivity contribution in [1.29, 1.82) is 0 Å². The minimum Gasteiger partial charge on any atom is -0.389 e. The van der Waals surface area contributed by atoms with Crippen molar-refractivity contribution < 1.29 is 18.3 Å². The lowest BCUT2D eigenvalue weighted by atomic mass is 9.95. The number of halogens is 3. The summed E-state index contributed by atoms with van der Waals surface area (Å²) in [4.78, 5) is 27.4. The number of H-pyrrole nitrogens is 2. The molecule has 0 aliphatic carbocycles. The van der Waals surface area contributed by atoms with Gasteiger partial charge in [0, 0.05) is 0 Å². The molecule has 25 heavy (non-hydrogen) atoms. The molecule has 1 atom stereocenters. The van der Waals surface area contributed by atoms with E-state index in [4.69, 9.17) is 0 Å². The summed E-state index contributed by atoms with van der Waals surface area (Å²) >= 11 is 0. The highest BCUT2D eigenvalue weighted by atomic mass is 19.4. The van der Waals surface area contributed by atoms with E-state index in [1.54, 1.807) is 6.07 Å². The Labute approximate surface area is 138 Å². The van der Waals surface area contributed by atoms with Crippen molar-refractivity contribution in [3.8, 4) is 11.1 Å². The minimum absolute atomic E-state index is 0.0648. The van der Waals surface area contributed by atoms with Crippen molar-refractivity contribution in [3.05, 3.63) is 68.4 Å². The molecule has 1 heterocycles. The normalized spacial score (nSPS) is 13.2. The maximum atomic E-state index is 13.5. The van der Waals surface area contributed by atoms with Crippen LogP contribution in [0.2, 0.25) is 0 Å². The molecule has 0 aliphatic heterocycles. The molecule has 0 spiro atoms. The second-order valence-electron chi connectivity index (χ2n) is 5.65. The van der Waals surface area contributed by atoms with E-state index in [2.05, 4.69) is 4.98 Å². The molecule has 0 radical (unpaired) electrons. The van der Waals surface area contributed by atoms with Crippen LogP contribution in [0.3, 0.4) is 0 Å². The lowest BCUT2D eigenvalue weighted by Crippen LogP contribution is -2.22. The SMILES string of the molecule is CC(O)c1cccc(-c2cc3c(=O)[nH]c(=O)[nH]c3cc2C(F)(F)F)c1. The lowest BCUT2D eigenvalue weighted by molar-refractivity contribution is -0.137. The molecule has 0 saturated heterocycles. The Morgan fingerprint density at radius 2 is 1.80 bits per heavy atom. The summed E-state index contributed by atoms with van der Waals surface area (Å²) in [5, 5.41) is 9.59. The first-order chi connectivity index (χ1) is 11.7. The highest BCUT2D eigenvalue weighted by Crippen LogP contribution is 2.39. The van der Waals surface area contributed by atoms with Crippen molar-refractivity contribution in [2.45, 2.75) is 19.2 Å². The van der Waals surface area contributed by atoms with E-state index in [-0.39, 0.29) is 22.0 Å². The van der Waals surface area contributed by atoms with Crippen LogP contribution in [0.15, 0.2) is 46.0 Å².